The van der Waals surface area contributed by atoms with Crippen LogP contribution in [-0.4, -0.2) is 14.1 Å². The molecule has 3 saturated carbocycles. The van der Waals surface area contributed by atoms with Gasteiger partial charge in [0, 0.05) is 11.6 Å². The molecule has 4 unspecified atom stereocenters. The fourth-order valence-electron chi connectivity index (χ4n) is 4.56. The maximum absolute atomic E-state index is 12.3. The molecule has 4 nitrogen and oxygen atoms in total. The van der Waals surface area contributed by atoms with Gasteiger partial charge in [0.15, 0.2) is 0 Å². The maximum Gasteiger partial charge on any atom is 0.276 e. The van der Waals surface area contributed by atoms with Crippen LogP contribution in [-0.2, 0) is 10.0 Å². The van der Waals surface area contributed by atoms with Gasteiger partial charge in [-0.2, -0.15) is 13.5 Å². The molecule has 0 radical (unpaired) electrons. The van der Waals surface area contributed by atoms with Crippen molar-refractivity contribution in [3.05, 3.63) is 29.8 Å². The Balaban J connectivity index is 1.56. The van der Waals surface area contributed by atoms with Gasteiger partial charge in [0.05, 0.1) is 4.90 Å². The van der Waals surface area contributed by atoms with Crippen LogP contribution in [0.1, 0.15) is 31.2 Å². The van der Waals surface area contributed by atoms with Crippen molar-refractivity contribution >= 4 is 15.7 Å². The molecule has 0 aromatic heterocycles. The molecule has 0 aliphatic heterocycles. The normalized spacial score (nSPS) is 35.6. The SMILES string of the molecule is Cc1ccc(S(=O)(=O)NN=C2C3CC4CCC2C4C3)cc1. The van der Waals surface area contributed by atoms with E-state index in [9.17, 15) is 8.42 Å². The predicted molar refractivity (Wildman–Crippen MR) is 81.4 cm³/mol. The Morgan fingerprint density at radius 1 is 1.14 bits per heavy atom. The molecule has 1 N–H and O–H groups in total. The van der Waals surface area contributed by atoms with Crippen molar-refractivity contribution in [1.29, 1.82) is 0 Å². The van der Waals surface area contributed by atoms with Crippen LogP contribution in [0.3, 0.4) is 0 Å². The van der Waals surface area contributed by atoms with Crippen LogP contribution in [0.5, 0.6) is 0 Å². The van der Waals surface area contributed by atoms with Crippen LogP contribution >= 0.6 is 0 Å². The van der Waals surface area contributed by atoms with Crippen molar-refractivity contribution in [2.45, 2.75) is 37.5 Å². The first-order valence-corrected chi connectivity index (χ1v) is 9.19. The third kappa shape index (κ3) is 2.09. The summed E-state index contributed by atoms with van der Waals surface area (Å²) in [6.07, 6.45) is 4.93. The summed E-state index contributed by atoms with van der Waals surface area (Å²) < 4.78 is 24.6. The Morgan fingerprint density at radius 2 is 1.90 bits per heavy atom. The summed E-state index contributed by atoms with van der Waals surface area (Å²) >= 11 is 0. The van der Waals surface area contributed by atoms with E-state index >= 15 is 0 Å². The summed E-state index contributed by atoms with van der Waals surface area (Å²) in [4.78, 5) is 2.75. The highest BCUT2D eigenvalue weighted by molar-refractivity contribution is 7.89. The minimum Gasteiger partial charge on any atom is -0.200 e. The smallest absolute Gasteiger partial charge is 0.200 e. The first-order valence-electron chi connectivity index (χ1n) is 7.70. The molecule has 0 amide bonds. The molecule has 3 fully saturated rings. The lowest BCUT2D eigenvalue weighted by Gasteiger charge is -2.20. The molecular formula is C16H20N2O2S. The Bertz CT molecular complexity index is 691. The lowest BCUT2D eigenvalue weighted by Crippen LogP contribution is -2.26. The van der Waals surface area contributed by atoms with Gasteiger partial charge in [-0.15, -0.1) is 0 Å². The summed E-state index contributed by atoms with van der Waals surface area (Å²) in [6, 6.07) is 6.87. The maximum atomic E-state index is 12.3. The summed E-state index contributed by atoms with van der Waals surface area (Å²) in [5, 5.41) is 4.33. The lowest BCUT2D eigenvalue weighted by molar-refractivity contribution is 0.417. The number of hydrogen-bond donors (Lipinski definition) is 1. The Hall–Kier alpha value is -1.36. The second kappa shape index (κ2) is 4.57. The van der Waals surface area contributed by atoms with Crippen molar-refractivity contribution in [2.24, 2.45) is 28.8 Å². The van der Waals surface area contributed by atoms with Crippen LogP contribution in [0, 0.1) is 30.6 Å². The average Bonchev–Trinajstić information content (AvgIpc) is 3.06. The van der Waals surface area contributed by atoms with E-state index in [1.165, 1.54) is 25.7 Å². The summed E-state index contributed by atoms with van der Waals surface area (Å²) in [5.74, 6) is 2.72. The second-order valence-electron chi connectivity index (χ2n) is 6.72. The average molecular weight is 304 g/mol. The number of fused-ring (bicyclic) bond motifs is 1. The van der Waals surface area contributed by atoms with E-state index in [0.717, 1.165) is 23.1 Å². The number of benzene rings is 1. The van der Waals surface area contributed by atoms with Crippen molar-refractivity contribution in [2.75, 3.05) is 0 Å². The molecule has 3 aliphatic carbocycles. The van der Waals surface area contributed by atoms with Crippen LogP contribution in [0.15, 0.2) is 34.3 Å². The van der Waals surface area contributed by atoms with E-state index in [0.29, 0.717) is 11.8 Å². The van der Waals surface area contributed by atoms with Crippen LogP contribution < -0.4 is 4.83 Å². The molecule has 21 heavy (non-hydrogen) atoms. The molecule has 1 aromatic carbocycles. The molecule has 1 aromatic rings. The van der Waals surface area contributed by atoms with Crippen molar-refractivity contribution in [3.8, 4) is 0 Å². The summed E-state index contributed by atoms with van der Waals surface area (Å²) in [6.45, 7) is 1.94. The van der Waals surface area contributed by atoms with Crippen LogP contribution in [0.4, 0.5) is 0 Å². The number of hydrazone groups is 1. The van der Waals surface area contributed by atoms with Crippen LogP contribution in [0.25, 0.3) is 0 Å². The number of rotatable bonds is 3. The third-order valence-corrected chi connectivity index (χ3v) is 6.76. The van der Waals surface area contributed by atoms with Gasteiger partial charge in [0.2, 0.25) is 0 Å². The molecular weight excluding hydrogens is 284 g/mol. The van der Waals surface area contributed by atoms with E-state index in [4.69, 9.17) is 0 Å². The molecule has 5 heteroatoms. The number of nitrogens with zero attached hydrogens (tertiary/aromatic N) is 1. The van der Waals surface area contributed by atoms with E-state index < -0.39 is 10.0 Å². The van der Waals surface area contributed by atoms with Crippen LogP contribution in [0.2, 0.25) is 0 Å². The summed E-state index contributed by atoms with van der Waals surface area (Å²) in [7, 11) is -3.54. The molecule has 112 valence electrons. The van der Waals surface area contributed by atoms with Crippen molar-refractivity contribution in [1.82, 2.24) is 4.83 Å². The zero-order valence-corrected chi connectivity index (χ0v) is 12.9. The van der Waals surface area contributed by atoms with Crippen molar-refractivity contribution < 1.29 is 8.42 Å². The first-order chi connectivity index (χ1) is 10.0. The quantitative estimate of drug-likeness (QED) is 0.873. The largest absolute Gasteiger partial charge is 0.276 e. The standard InChI is InChI=1S/C16H20N2O2S/c1-10-2-5-13(6-3-10)21(19,20)18-17-16-12-8-11-4-7-14(16)15(11)9-12/h2-3,5-6,11-12,14-15,18H,4,7-9H2,1H3. The highest BCUT2D eigenvalue weighted by Crippen LogP contribution is 2.58. The molecule has 0 spiro atoms. The molecule has 4 atom stereocenters. The second-order valence-corrected chi connectivity index (χ2v) is 8.38. The highest BCUT2D eigenvalue weighted by Gasteiger charge is 2.54. The molecule has 4 rings (SSSR count). The number of nitrogens with one attached hydrogen (secondary N) is 1. The third-order valence-electron chi connectivity index (χ3n) is 5.54. The van der Waals surface area contributed by atoms with E-state index in [1.807, 2.05) is 6.92 Å². The van der Waals surface area contributed by atoms with Gasteiger partial charge in [0.25, 0.3) is 10.0 Å². The predicted octanol–water partition coefficient (Wildman–Crippen LogP) is 2.70. The minimum atomic E-state index is -3.54. The Kier molecular flexibility index (Phi) is 2.89. The fourth-order valence-corrected chi connectivity index (χ4v) is 5.38. The molecule has 0 heterocycles. The Labute approximate surface area is 125 Å². The van der Waals surface area contributed by atoms with Gasteiger partial charge < -0.3 is 0 Å². The van der Waals surface area contributed by atoms with E-state index in [1.54, 1.807) is 24.3 Å². The number of aryl methyl sites for hydroxylation is 1. The van der Waals surface area contributed by atoms with Gasteiger partial charge in [-0.1, -0.05) is 17.7 Å². The van der Waals surface area contributed by atoms with Gasteiger partial charge in [0.1, 0.15) is 0 Å². The Morgan fingerprint density at radius 3 is 2.67 bits per heavy atom. The fraction of sp³-hybridized carbons (Fsp3) is 0.562. The van der Waals surface area contributed by atoms with E-state index in [-0.39, 0.29) is 4.90 Å². The van der Waals surface area contributed by atoms with E-state index in [2.05, 4.69) is 9.93 Å². The zero-order chi connectivity index (χ0) is 14.6. The van der Waals surface area contributed by atoms with Gasteiger partial charge in [-0.05, 0) is 62.5 Å². The zero-order valence-electron chi connectivity index (χ0n) is 12.1. The molecule has 0 saturated heterocycles. The monoisotopic (exact) mass is 304 g/mol. The highest BCUT2D eigenvalue weighted by atomic mass is 32.2. The van der Waals surface area contributed by atoms with Gasteiger partial charge in [-0.3, -0.25) is 0 Å². The first kappa shape index (κ1) is 13.3. The minimum absolute atomic E-state index is 0.282. The lowest BCUT2D eigenvalue weighted by atomic mass is 9.87. The number of hydrogen-bond acceptors (Lipinski definition) is 3. The molecule has 3 aliphatic rings. The number of sulfonamides is 1. The molecule has 2 bridgehead atoms. The summed E-state index contributed by atoms with van der Waals surface area (Å²) in [5.41, 5.74) is 2.16. The van der Waals surface area contributed by atoms with Crippen molar-refractivity contribution in [3.63, 3.8) is 0 Å². The topological polar surface area (TPSA) is 58.5 Å². The van der Waals surface area contributed by atoms with Gasteiger partial charge in [-0.25, -0.2) is 4.83 Å². The van der Waals surface area contributed by atoms with Gasteiger partial charge >= 0.3 is 0 Å².